The maximum atomic E-state index is 12.1. The molecule has 0 heterocycles. The van der Waals surface area contributed by atoms with E-state index in [9.17, 15) is 18.0 Å². The smallest absolute Gasteiger partial charge is 0.446 e. The van der Waals surface area contributed by atoms with Crippen LogP contribution < -0.4 is 0 Å². The summed E-state index contributed by atoms with van der Waals surface area (Å²) in [6.07, 6.45) is 0. The summed E-state index contributed by atoms with van der Waals surface area (Å²) in [6.45, 7) is 0. The summed E-state index contributed by atoms with van der Waals surface area (Å²) < 4.78 is 36.4. The van der Waals surface area contributed by atoms with Crippen molar-refractivity contribution < 1.29 is 23.1 Å². The normalized spacial score (nSPS) is 11.0. The number of halogens is 4. The zero-order chi connectivity index (χ0) is 13.2. The van der Waals surface area contributed by atoms with Crippen molar-refractivity contribution in [1.29, 1.82) is 5.26 Å². The molecule has 1 aromatic carbocycles. The summed E-state index contributed by atoms with van der Waals surface area (Å²) in [4.78, 5) is 10.5. The molecule has 0 amide bonds. The summed E-state index contributed by atoms with van der Waals surface area (Å²) in [6, 6.07) is 3.50. The lowest BCUT2D eigenvalue weighted by Crippen LogP contribution is -2.04. The summed E-state index contributed by atoms with van der Waals surface area (Å²) in [5.41, 5.74) is -5.18. The van der Waals surface area contributed by atoms with E-state index in [1.54, 1.807) is 6.07 Å². The van der Waals surface area contributed by atoms with Crippen LogP contribution in [0.4, 0.5) is 13.2 Å². The van der Waals surface area contributed by atoms with Gasteiger partial charge >= 0.3 is 11.5 Å². The molecule has 0 aromatic heterocycles. The molecule has 1 N–H and O–H groups in total. The Kier molecular flexibility index (Phi) is 4.06. The number of hydrogen-bond acceptors (Lipinski definition) is 3. The van der Waals surface area contributed by atoms with Crippen molar-refractivity contribution in [1.82, 2.24) is 0 Å². The number of carbonyl (C=O) groups is 1. The van der Waals surface area contributed by atoms with Gasteiger partial charge in [0.2, 0.25) is 0 Å². The summed E-state index contributed by atoms with van der Waals surface area (Å²) >= 11 is 2.43. The second kappa shape index (κ2) is 4.98. The predicted molar refractivity (Wildman–Crippen MR) is 57.7 cm³/mol. The van der Waals surface area contributed by atoms with Crippen molar-refractivity contribution in [2.45, 2.75) is 10.4 Å². The maximum Gasteiger partial charge on any atom is 0.446 e. The van der Waals surface area contributed by atoms with Crippen LogP contribution in [0.5, 0.6) is 0 Å². The maximum absolute atomic E-state index is 12.1. The third-order valence-electron chi connectivity index (χ3n) is 1.64. The summed E-state index contributed by atoms with van der Waals surface area (Å²) in [5, 5.41) is 17.5. The van der Waals surface area contributed by atoms with Crippen LogP contribution in [-0.2, 0) is 0 Å². The van der Waals surface area contributed by atoms with Crippen LogP contribution in [0.15, 0.2) is 21.5 Å². The lowest BCUT2D eigenvalue weighted by atomic mass is 10.1. The molecule has 0 aliphatic carbocycles. The van der Waals surface area contributed by atoms with E-state index in [1.807, 2.05) is 0 Å². The van der Waals surface area contributed by atoms with Gasteiger partial charge < -0.3 is 5.11 Å². The molecular weight excluding hydrogens is 323 g/mol. The lowest BCUT2D eigenvalue weighted by Gasteiger charge is -2.08. The molecule has 0 spiro atoms. The number of alkyl halides is 3. The van der Waals surface area contributed by atoms with Gasteiger partial charge in [0, 0.05) is 9.37 Å². The van der Waals surface area contributed by atoms with Gasteiger partial charge in [-0.15, -0.1) is 0 Å². The van der Waals surface area contributed by atoms with Gasteiger partial charge in [-0.3, -0.25) is 0 Å². The Labute approximate surface area is 106 Å². The molecule has 90 valence electrons. The van der Waals surface area contributed by atoms with Crippen molar-refractivity contribution in [3.8, 4) is 6.07 Å². The zero-order valence-electron chi connectivity index (χ0n) is 7.88. The molecule has 0 aliphatic rings. The Bertz CT molecular complexity index is 510. The van der Waals surface area contributed by atoms with Crippen LogP contribution in [-0.4, -0.2) is 16.6 Å². The molecule has 17 heavy (non-hydrogen) atoms. The topological polar surface area (TPSA) is 61.1 Å². The highest BCUT2D eigenvalue weighted by Gasteiger charge is 2.30. The van der Waals surface area contributed by atoms with Crippen molar-refractivity contribution >= 4 is 33.7 Å². The third-order valence-corrected chi connectivity index (χ3v) is 2.97. The highest BCUT2D eigenvalue weighted by atomic mass is 79.9. The Balaban J connectivity index is 3.31. The van der Waals surface area contributed by atoms with E-state index in [2.05, 4.69) is 15.9 Å². The van der Waals surface area contributed by atoms with E-state index in [1.165, 1.54) is 0 Å². The Morgan fingerprint density at radius 3 is 2.47 bits per heavy atom. The van der Waals surface area contributed by atoms with E-state index in [4.69, 9.17) is 10.4 Å². The quantitative estimate of drug-likeness (QED) is 0.843. The number of hydrogen-bond donors (Lipinski definition) is 1. The van der Waals surface area contributed by atoms with Gasteiger partial charge in [0.05, 0.1) is 11.1 Å². The largest absolute Gasteiger partial charge is 0.478 e. The van der Waals surface area contributed by atoms with Crippen LogP contribution in [0.2, 0.25) is 0 Å². The van der Waals surface area contributed by atoms with Gasteiger partial charge in [0.15, 0.2) is 0 Å². The van der Waals surface area contributed by atoms with Crippen LogP contribution in [0.3, 0.4) is 0 Å². The molecule has 8 heteroatoms. The van der Waals surface area contributed by atoms with E-state index < -0.39 is 28.8 Å². The molecule has 0 saturated heterocycles. The minimum absolute atomic E-state index is 0.0200. The van der Waals surface area contributed by atoms with Crippen molar-refractivity contribution in [3.05, 3.63) is 27.7 Å². The fourth-order valence-electron chi connectivity index (χ4n) is 1.06. The number of nitrogens with zero attached hydrogens (tertiary/aromatic N) is 1. The first-order valence-corrected chi connectivity index (χ1v) is 5.58. The van der Waals surface area contributed by atoms with Crippen molar-refractivity contribution in [2.75, 3.05) is 0 Å². The minimum Gasteiger partial charge on any atom is -0.478 e. The summed E-state index contributed by atoms with van der Waals surface area (Å²) in [5.74, 6) is -1.45. The van der Waals surface area contributed by atoms with Crippen molar-refractivity contribution in [3.63, 3.8) is 0 Å². The molecule has 0 aliphatic heterocycles. The first-order valence-electron chi connectivity index (χ1n) is 3.97. The van der Waals surface area contributed by atoms with Crippen LogP contribution in [0.25, 0.3) is 0 Å². The summed E-state index contributed by atoms with van der Waals surface area (Å²) in [7, 11) is 0. The second-order valence-electron chi connectivity index (χ2n) is 2.79. The van der Waals surface area contributed by atoms with Gasteiger partial charge in [-0.1, -0.05) is 0 Å². The Morgan fingerprint density at radius 1 is 1.47 bits per heavy atom. The predicted octanol–water partition coefficient (Wildman–Crippen LogP) is 3.63. The second-order valence-corrected chi connectivity index (χ2v) is 4.79. The Morgan fingerprint density at radius 2 is 2.06 bits per heavy atom. The van der Waals surface area contributed by atoms with Crippen molar-refractivity contribution in [2.24, 2.45) is 0 Å². The third kappa shape index (κ3) is 3.64. The average molecular weight is 326 g/mol. The molecule has 1 rings (SSSR count). The van der Waals surface area contributed by atoms with Gasteiger partial charge in [-0.2, -0.15) is 18.4 Å². The SMILES string of the molecule is N#Cc1c(Br)cc(SC(F)(F)F)cc1C(=O)O. The average Bonchev–Trinajstić information content (AvgIpc) is 2.13. The van der Waals surface area contributed by atoms with Crippen LogP contribution >= 0.6 is 27.7 Å². The van der Waals surface area contributed by atoms with Gasteiger partial charge in [0.1, 0.15) is 6.07 Å². The molecular formula is C9H3BrF3NO2S. The number of nitriles is 1. The molecule has 0 atom stereocenters. The molecule has 3 nitrogen and oxygen atoms in total. The molecule has 0 unspecified atom stereocenters. The van der Waals surface area contributed by atoms with E-state index in [0.717, 1.165) is 12.1 Å². The minimum atomic E-state index is -4.51. The van der Waals surface area contributed by atoms with Crippen LogP contribution in [0.1, 0.15) is 15.9 Å². The highest BCUT2D eigenvalue weighted by Crippen LogP contribution is 2.39. The fourth-order valence-corrected chi connectivity index (χ4v) is 2.38. The molecule has 0 saturated carbocycles. The van der Waals surface area contributed by atoms with E-state index >= 15 is 0 Å². The van der Waals surface area contributed by atoms with Gasteiger partial charge in [0.25, 0.3) is 0 Å². The number of aromatic carboxylic acids is 1. The number of carboxylic acids is 1. The van der Waals surface area contributed by atoms with Gasteiger partial charge in [-0.25, -0.2) is 4.79 Å². The molecule has 1 aromatic rings. The van der Waals surface area contributed by atoms with E-state index in [0.29, 0.717) is 0 Å². The Hall–Kier alpha value is -1.20. The van der Waals surface area contributed by atoms with Gasteiger partial charge in [-0.05, 0) is 39.8 Å². The number of thioether (sulfide) groups is 1. The molecule has 0 bridgehead atoms. The number of benzene rings is 1. The zero-order valence-corrected chi connectivity index (χ0v) is 10.3. The number of rotatable bonds is 2. The molecule has 0 radical (unpaired) electrons. The van der Waals surface area contributed by atoms with E-state index in [-0.39, 0.29) is 14.9 Å². The number of carboxylic acid groups (broad SMARTS) is 1. The lowest BCUT2D eigenvalue weighted by molar-refractivity contribution is -0.0328. The fraction of sp³-hybridized carbons (Fsp3) is 0.111. The standard InChI is InChI=1S/C9H3BrF3NO2S/c10-7-2-4(17-9(11,12)13)1-5(8(15)16)6(7)3-14/h1-2H,(H,15,16). The van der Waals surface area contributed by atoms with Crippen LogP contribution in [0, 0.1) is 11.3 Å². The first kappa shape index (κ1) is 13.9. The molecule has 0 fully saturated rings. The first-order chi connectivity index (χ1) is 7.74. The highest BCUT2D eigenvalue weighted by molar-refractivity contribution is 9.10. The monoisotopic (exact) mass is 325 g/mol.